The van der Waals surface area contributed by atoms with E-state index in [-0.39, 0.29) is 18.9 Å². The largest absolute Gasteiger partial charge is 0.399 e. The van der Waals surface area contributed by atoms with Crippen LogP contribution in [-0.4, -0.2) is 38.2 Å². The topological polar surface area (TPSA) is 92.4 Å². The number of nitrogens with one attached hydrogen (secondary N) is 1. The van der Waals surface area contributed by atoms with Crippen LogP contribution in [0.2, 0.25) is 0 Å². The van der Waals surface area contributed by atoms with Gasteiger partial charge in [-0.3, -0.25) is 0 Å². The van der Waals surface area contributed by atoms with Crippen molar-refractivity contribution in [1.82, 2.24) is 4.72 Å². The second kappa shape index (κ2) is 7.63. The second-order valence-electron chi connectivity index (χ2n) is 3.71. The summed E-state index contributed by atoms with van der Waals surface area (Å²) >= 11 is 1.47. The van der Waals surface area contributed by atoms with Gasteiger partial charge in [0.25, 0.3) is 0 Å². The number of nitrogen functional groups attached to an aromatic ring is 1. The summed E-state index contributed by atoms with van der Waals surface area (Å²) < 4.78 is 25.5. The number of benzene rings is 1. The minimum absolute atomic E-state index is 0.0112. The molecule has 0 fully saturated rings. The molecule has 0 aliphatic heterocycles. The van der Waals surface area contributed by atoms with Gasteiger partial charge in [-0.2, -0.15) is 0 Å². The number of aliphatic hydroxyl groups is 1. The SMILES string of the molecule is Nc1ccc(SCCS(=O)(=O)NCCCO)cc1. The number of thioether (sulfide) groups is 1. The second-order valence-corrected chi connectivity index (χ2v) is 6.80. The Morgan fingerprint density at radius 3 is 2.56 bits per heavy atom. The van der Waals surface area contributed by atoms with Crippen LogP contribution in [0.3, 0.4) is 0 Å². The zero-order valence-corrected chi connectivity index (χ0v) is 11.6. The van der Waals surface area contributed by atoms with Gasteiger partial charge in [-0.25, -0.2) is 13.1 Å². The standard InChI is InChI=1S/C11H18N2O3S2/c12-10-2-4-11(5-3-10)17-8-9-18(15,16)13-6-1-7-14/h2-5,13-14H,1,6-9,12H2. The summed E-state index contributed by atoms with van der Waals surface area (Å²) in [5, 5.41) is 8.56. The Morgan fingerprint density at radius 1 is 1.28 bits per heavy atom. The monoisotopic (exact) mass is 290 g/mol. The fourth-order valence-corrected chi connectivity index (χ4v) is 3.59. The zero-order chi connectivity index (χ0) is 13.4. The Bertz CT molecular complexity index is 446. The van der Waals surface area contributed by atoms with Crippen molar-refractivity contribution >= 4 is 27.5 Å². The van der Waals surface area contributed by atoms with Crippen LogP contribution in [0.4, 0.5) is 5.69 Å². The van der Waals surface area contributed by atoms with Gasteiger partial charge >= 0.3 is 0 Å². The van der Waals surface area contributed by atoms with Gasteiger partial charge in [-0.15, -0.1) is 11.8 Å². The Kier molecular flexibility index (Phi) is 6.48. The molecule has 0 radical (unpaired) electrons. The molecule has 102 valence electrons. The first-order chi connectivity index (χ1) is 8.53. The molecule has 1 aromatic carbocycles. The van der Waals surface area contributed by atoms with E-state index < -0.39 is 10.0 Å². The maximum atomic E-state index is 11.5. The zero-order valence-electron chi connectivity index (χ0n) is 10.0. The highest BCUT2D eigenvalue weighted by atomic mass is 32.2. The molecule has 0 amide bonds. The predicted molar refractivity (Wildman–Crippen MR) is 75.1 cm³/mol. The van der Waals surface area contributed by atoms with E-state index in [9.17, 15) is 8.42 Å². The van der Waals surface area contributed by atoms with Gasteiger partial charge < -0.3 is 10.8 Å². The van der Waals surface area contributed by atoms with Crippen molar-refractivity contribution < 1.29 is 13.5 Å². The molecular formula is C11H18N2O3S2. The summed E-state index contributed by atoms with van der Waals surface area (Å²) in [6, 6.07) is 7.31. The first kappa shape index (κ1) is 15.3. The van der Waals surface area contributed by atoms with Crippen LogP contribution in [0.15, 0.2) is 29.2 Å². The summed E-state index contributed by atoms with van der Waals surface area (Å²) in [6.45, 7) is 0.272. The minimum atomic E-state index is -3.24. The molecule has 0 aliphatic rings. The van der Waals surface area contributed by atoms with E-state index in [0.29, 0.717) is 17.9 Å². The average Bonchev–Trinajstić information content (AvgIpc) is 2.32. The summed E-state index contributed by atoms with van der Waals surface area (Å²) in [5.41, 5.74) is 6.25. The third-order valence-corrected chi connectivity index (χ3v) is 4.82. The van der Waals surface area contributed by atoms with Gasteiger partial charge in [0.2, 0.25) is 10.0 Å². The smallest absolute Gasteiger partial charge is 0.212 e. The number of hydrogen-bond acceptors (Lipinski definition) is 5. The van der Waals surface area contributed by atoms with Crippen LogP contribution in [0, 0.1) is 0 Å². The molecule has 4 N–H and O–H groups in total. The van der Waals surface area contributed by atoms with Crippen LogP contribution < -0.4 is 10.5 Å². The number of aliphatic hydroxyl groups excluding tert-OH is 1. The Morgan fingerprint density at radius 2 is 1.94 bits per heavy atom. The highest BCUT2D eigenvalue weighted by Crippen LogP contribution is 2.19. The highest BCUT2D eigenvalue weighted by molar-refractivity contribution is 8.00. The van der Waals surface area contributed by atoms with E-state index in [4.69, 9.17) is 10.8 Å². The lowest BCUT2D eigenvalue weighted by molar-refractivity contribution is 0.289. The first-order valence-corrected chi connectivity index (χ1v) is 8.24. The summed E-state index contributed by atoms with van der Waals surface area (Å²) in [5.74, 6) is 0.547. The van der Waals surface area contributed by atoms with E-state index >= 15 is 0 Å². The van der Waals surface area contributed by atoms with Crippen molar-refractivity contribution in [2.75, 3.05) is 30.4 Å². The van der Waals surface area contributed by atoms with Crippen molar-refractivity contribution in [2.24, 2.45) is 0 Å². The molecule has 0 atom stereocenters. The van der Waals surface area contributed by atoms with Crippen LogP contribution in [-0.2, 0) is 10.0 Å². The molecule has 0 aliphatic carbocycles. The third-order valence-electron chi connectivity index (χ3n) is 2.16. The molecule has 1 aromatic rings. The average molecular weight is 290 g/mol. The highest BCUT2D eigenvalue weighted by Gasteiger charge is 2.09. The number of hydrogen-bond donors (Lipinski definition) is 3. The van der Waals surface area contributed by atoms with Crippen molar-refractivity contribution in [3.63, 3.8) is 0 Å². The first-order valence-electron chi connectivity index (χ1n) is 5.60. The molecule has 0 aromatic heterocycles. The van der Waals surface area contributed by atoms with Gasteiger partial charge in [0.15, 0.2) is 0 Å². The lowest BCUT2D eigenvalue weighted by atomic mass is 10.3. The lowest BCUT2D eigenvalue weighted by Crippen LogP contribution is -2.28. The summed E-state index contributed by atoms with van der Waals surface area (Å²) in [4.78, 5) is 0.995. The van der Waals surface area contributed by atoms with E-state index in [1.807, 2.05) is 12.1 Å². The van der Waals surface area contributed by atoms with Crippen LogP contribution >= 0.6 is 11.8 Å². The molecule has 18 heavy (non-hydrogen) atoms. The maximum Gasteiger partial charge on any atom is 0.212 e. The molecule has 0 spiro atoms. The molecule has 0 bridgehead atoms. The van der Waals surface area contributed by atoms with Gasteiger partial charge in [0.05, 0.1) is 5.75 Å². The molecule has 7 heteroatoms. The number of nitrogens with two attached hydrogens (primary N) is 1. The predicted octanol–water partition coefficient (Wildman–Crippen LogP) is 0.663. The fourth-order valence-electron chi connectivity index (χ4n) is 1.21. The Balaban J connectivity index is 2.30. The molecule has 5 nitrogen and oxygen atoms in total. The quantitative estimate of drug-likeness (QED) is 0.372. The van der Waals surface area contributed by atoms with E-state index in [2.05, 4.69) is 4.72 Å². The van der Waals surface area contributed by atoms with Gasteiger partial charge in [0.1, 0.15) is 0 Å². The Labute approximate surface area is 112 Å². The Hall–Kier alpha value is -0.760. The van der Waals surface area contributed by atoms with E-state index in [0.717, 1.165) is 4.90 Å². The number of rotatable bonds is 8. The van der Waals surface area contributed by atoms with Gasteiger partial charge in [-0.05, 0) is 30.7 Å². The third kappa shape index (κ3) is 6.25. The number of sulfonamides is 1. The molecule has 0 saturated heterocycles. The molecule has 0 unspecified atom stereocenters. The van der Waals surface area contributed by atoms with Crippen molar-refractivity contribution in [2.45, 2.75) is 11.3 Å². The summed E-state index contributed by atoms with van der Waals surface area (Å²) in [6.07, 6.45) is 0.435. The lowest BCUT2D eigenvalue weighted by Gasteiger charge is -2.06. The van der Waals surface area contributed by atoms with Crippen molar-refractivity contribution in [1.29, 1.82) is 0 Å². The van der Waals surface area contributed by atoms with Gasteiger partial charge in [0, 0.05) is 29.5 Å². The number of anilines is 1. The van der Waals surface area contributed by atoms with Crippen LogP contribution in [0.25, 0.3) is 0 Å². The minimum Gasteiger partial charge on any atom is -0.399 e. The van der Waals surface area contributed by atoms with Crippen LogP contribution in [0.1, 0.15) is 6.42 Å². The van der Waals surface area contributed by atoms with Crippen molar-refractivity contribution in [3.05, 3.63) is 24.3 Å². The summed E-state index contributed by atoms with van der Waals surface area (Å²) in [7, 11) is -3.24. The van der Waals surface area contributed by atoms with E-state index in [1.165, 1.54) is 11.8 Å². The maximum absolute atomic E-state index is 11.5. The van der Waals surface area contributed by atoms with Crippen molar-refractivity contribution in [3.8, 4) is 0 Å². The molecule has 0 heterocycles. The molecule has 1 rings (SSSR count). The normalized spacial score (nSPS) is 11.6. The molecule has 0 saturated carbocycles. The van der Waals surface area contributed by atoms with Crippen LogP contribution in [0.5, 0.6) is 0 Å². The van der Waals surface area contributed by atoms with Gasteiger partial charge in [-0.1, -0.05) is 0 Å². The fraction of sp³-hybridized carbons (Fsp3) is 0.455. The molecular weight excluding hydrogens is 272 g/mol. The van der Waals surface area contributed by atoms with E-state index in [1.54, 1.807) is 12.1 Å².